The molecule has 1 aromatic carbocycles. The predicted octanol–water partition coefficient (Wildman–Crippen LogP) is 4.01. The van der Waals surface area contributed by atoms with Gasteiger partial charge in [0, 0.05) is 45.0 Å². The lowest BCUT2D eigenvalue weighted by atomic mass is 9.89. The van der Waals surface area contributed by atoms with Gasteiger partial charge in [-0.15, -0.1) is 0 Å². The molecule has 2 aromatic rings. The van der Waals surface area contributed by atoms with Crippen LogP contribution in [0.2, 0.25) is 0 Å². The second-order valence-electron chi connectivity index (χ2n) is 8.85. The average molecular weight is 436 g/mol. The fourth-order valence-electron chi connectivity index (χ4n) is 4.73. The van der Waals surface area contributed by atoms with Crippen molar-refractivity contribution < 1.29 is 4.74 Å². The first-order valence-electron chi connectivity index (χ1n) is 12.1. The molecule has 4 rings (SSSR count). The molecular weight excluding hydrogens is 398 g/mol. The molecule has 2 N–H and O–H groups in total. The van der Waals surface area contributed by atoms with Crippen LogP contribution < -0.4 is 15.5 Å². The molecule has 2 aliphatic rings. The number of fused-ring (bicyclic) bond motifs is 1. The maximum atomic E-state index is 6.23. The van der Waals surface area contributed by atoms with Crippen LogP contribution in [0.4, 0.5) is 5.82 Å². The summed E-state index contributed by atoms with van der Waals surface area (Å²) in [6.07, 6.45) is 6.92. The molecule has 1 aliphatic heterocycles. The fraction of sp³-hybridized carbons (Fsp3) is 0.538. The van der Waals surface area contributed by atoms with Crippen LogP contribution in [-0.4, -0.2) is 50.3 Å². The third-order valence-corrected chi connectivity index (χ3v) is 6.50. The van der Waals surface area contributed by atoms with E-state index in [-0.39, 0.29) is 6.10 Å². The van der Waals surface area contributed by atoms with Crippen LogP contribution in [-0.2, 0) is 11.2 Å². The molecule has 6 nitrogen and oxygen atoms in total. The van der Waals surface area contributed by atoms with Gasteiger partial charge in [0.1, 0.15) is 5.82 Å². The number of aryl methyl sites for hydroxylation is 2. The van der Waals surface area contributed by atoms with Gasteiger partial charge in [0.25, 0.3) is 0 Å². The van der Waals surface area contributed by atoms with E-state index in [1.165, 1.54) is 24.0 Å². The number of hydrogen-bond donors (Lipinski definition) is 2. The maximum Gasteiger partial charge on any atom is 0.191 e. The number of nitrogens with zero attached hydrogens (tertiary/aromatic N) is 3. The van der Waals surface area contributed by atoms with Crippen molar-refractivity contribution in [3.8, 4) is 0 Å². The number of pyridine rings is 1. The van der Waals surface area contributed by atoms with Crippen LogP contribution in [0.15, 0.2) is 47.5 Å². The molecule has 1 aromatic heterocycles. The van der Waals surface area contributed by atoms with E-state index in [0.29, 0.717) is 6.04 Å². The molecule has 1 saturated heterocycles. The highest BCUT2D eigenvalue weighted by Crippen LogP contribution is 2.32. The fourth-order valence-corrected chi connectivity index (χ4v) is 4.73. The summed E-state index contributed by atoms with van der Waals surface area (Å²) >= 11 is 0. The number of rotatable bonds is 7. The Labute approximate surface area is 192 Å². The molecule has 0 radical (unpaired) electrons. The average Bonchev–Trinajstić information content (AvgIpc) is 2.83. The summed E-state index contributed by atoms with van der Waals surface area (Å²) < 4.78 is 6.23. The van der Waals surface area contributed by atoms with E-state index in [1.54, 1.807) is 0 Å². The lowest BCUT2D eigenvalue weighted by Gasteiger charge is -2.34. The first-order chi connectivity index (χ1) is 15.7. The molecule has 1 atom stereocenters. The van der Waals surface area contributed by atoms with Gasteiger partial charge in [-0.05, 0) is 68.7 Å². The standard InChI is InChI=1S/C26H37N5O/c1-20-8-5-13-25(29-20)31-17-14-22(15-18-31)30-26(27-2)28-16-7-19-32-24-12-6-10-21-9-3-4-11-23(21)24/h3-5,8-9,11,13,22,24H,6-7,10,12,14-19H2,1-2H3,(H2,27,28,30). The summed E-state index contributed by atoms with van der Waals surface area (Å²) in [5.74, 6) is 1.98. The van der Waals surface area contributed by atoms with Crippen molar-refractivity contribution in [1.29, 1.82) is 0 Å². The lowest BCUT2D eigenvalue weighted by Crippen LogP contribution is -2.49. The third kappa shape index (κ3) is 6.00. The lowest BCUT2D eigenvalue weighted by molar-refractivity contribution is 0.0398. The first kappa shape index (κ1) is 22.6. The van der Waals surface area contributed by atoms with Crippen LogP contribution in [0, 0.1) is 6.92 Å². The predicted molar refractivity (Wildman–Crippen MR) is 131 cm³/mol. The number of hydrogen-bond acceptors (Lipinski definition) is 4. The molecule has 0 saturated carbocycles. The van der Waals surface area contributed by atoms with Crippen molar-refractivity contribution in [2.75, 3.05) is 38.2 Å². The van der Waals surface area contributed by atoms with Crippen molar-refractivity contribution in [1.82, 2.24) is 15.6 Å². The minimum absolute atomic E-state index is 0.255. The Balaban J connectivity index is 1.14. The van der Waals surface area contributed by atoms with Crippen molar-refractivity contribution in [3.63, 3.8) is 0 Å². The van der Waals surface area contributed by atoms with E-state index in [9.17, 15) is 0 Å². The third-order valence-electron chi connectivity index (χ3n) is 6.50. The van der Waals surface area contributed by atoms with Gasteiger partial charge in [-0.2, -0.15) is 0 Å². The molecule has 1 fully saturated rings. The minimum atomic E-state index is 0.255. The molecular formula is C26H37N5O. The second-order valence-corrected chi connectivity index (χ2v) is 8.85. The molecule has 1 unspecified atom stereocenters. The Morgan fingerprint density at radius 2 is 1.97 bits per heavy atom. The summed E-state index contributed by atoms with van der Waals surface area (Å²) in [6, 6.07) is 15.4. The highest BCUT2D eigenvalue weighted by molar-refractivity contribution is 5.79. The zero-order valence-corrected chi connectivity index (χ0v) is 19.5. The van der Waals surface area contributed by atoms with E-state index in [4.69, 9.17) is 4.74 Å². The van der Waals surface area contributed by atoms with E-state index in [2.05, 4.69) is 61.9 Å². The van der Waals surface area contributed by atoms with Crippen molar-refractivity contribution in [2.24, 2.45) is 4.99 Å². The van der Waals surface area contributed by atoms with Gasteiger partial charge >= 0.3 is 0 Å². The number of ether oxygens (including phenoxy) is 1. The largest absolute Gasteiger partial charge is 0.373 e. The number of anilines is 1. The molecule has 6 heteroatoms. The number of benzene rings is 1. The molecule has 0 amide bonds. The summed E-state index contributed by atoms with van der Waals surface area (Å²) in [7, 11) is 1.84. The molecule has 1 aliphatic carbocycles. The van der Waals surface area contributed by atoms with Gasteiger partial charge in [-0.3, -0.25) is 4.99 Å². The minimum Gasteiger partial charge on any atom is -0.373 e. The SMILES string of the molecule is CN=C(NCCCOC1CCCc2ccccc21)NC1CCN(c2cccc(C)n2)CC1. The van der Waals surface area contributed by atoms with Crippen LogP contribution in [0.3, 0.4) is 0 Å². The Kier molecular flexibility index (Phi) is 7.99. The molecule has 32 heavy (non-hydrogen) atoms. The van der Waals surface area contributed by atoms with E-state index < -0.39 is 0 Å². The quantitative estimate of drug-likeness (QED) is 0.391. The monoisotopic (exact) mass is 435 g/mol. The van der Waals surface area contributed by atoms with E-state index in [1.807, 2.05) is 20.0 Å². The highest BCUT2D eigenvalue weighted by atomic mass is 16.5. The van der Waals surface area contributed by atoms with Crippen LogP contribution in [0.1, 0.15) is 55.0 Å². The van der Waals surface area contributed by atoms with Crippen molar-refractivity contribution >= 4 is 11.8 Å². The molecule has 0 spiro atoms. The zero-order chi connectivity index (χ0) is 22.2. The molecule has 0 bridgehead atoms. The van der Waals surface area contributed by atoms with Gasteiger partial charge in [-0.1, -0.05) is 30.3 Å². The van der Waals surface area contributed by atoms with Gasteiger partial charge in [0.15, 0.2) is 5.96 Å². The Bertz CT molecular complexity index is 891. The smallest absolute Gasteiger partial charge is 0.191 e. The first-order valence-corrected chi connectivity index (χ1v) is 12.1. The van der Waals surface area contributed by atoms with Gasteiger partial charge in [0.2, 0.25) is 0 Å². The van der Waals surface area contributed by atoms with Gasteiger partial charge in [-0.25, -0.2) is 4.98 Å². The Morgan fingerprint density at radius 1 is 1.12 bits per heavy atom. The number of aromatic nitrogens is 1. The summed E-state index contributed by atoms with van der Waals surface area (Å²) in [5.41, 5.74) is 3.91. The Hall–Kier alpha value is -2.60. The number of aliphatic imine (C=N–C) groups is 1. The molecule has 2 heterocycles. The van der Waals surface area contributed by atoms with Gasteiger partial charge < -0.3 is 20.3 Å². The van der Waals surface area contributed by atoms with Crippen LogP contribution >= 0.6 is 0 Å². The number of nitrogens with one attached hydrogen (secondary N) is 2. The highest BCUT2D eigenvalue weighted by Gasteiger charge is 2.21. The van der Waals surface area contributed by atoms with E-state index >= 15 is 0 Å². The summed E-state index contributed by atoms with van der Waals surface area (Å²) in [6.45, 7) is 5.71. The summed E-state index contributed by atoms with van der Waals surface area (Å²) in [4.78, 5) is 11.5. The van der Waals surface area contributed by atoms with Crippen LogP contribution in [0.25, 0.3) is 0 Å². The normalized spacial score (nSPS) is 19.5. The zero-order valence-electron chi connectivity index (χ0n) is 19.5. The number of piperidine rings is 1. The second kappa shape index (κ2) is 11.3. The van der Waals surface area contributed by atoms with E-state index in [0.717, 1.165) is 69.4 Å². The maximum absolute atomic E-state index is 6.23. The topological polar surface area (TPSA) is 61.8 Å². The Morgan fingerprint density at radius 3 is 2.78 bits per heavy atom. The van der Waals surface area contributed by atoms with Crippen molar-refractivity contribution in [2.45, 2.75) is 57.6 Å². The molecule has 172 valence electrons. The van der Waals surface area contributed by atoms with Crippen molar-refractivity contribution in [3.05, 3.63) is 59.3 Å². The van der Waals surface area contributed by atoms with Crippen LogP contribution in [0.5, 0.6) is 0 Å². The number of guanidine groups is 1. The van der Waals surface area contributed by atoms with Gasteiger partial charge in [0.05, 0.1) is 6.10 Å². The summed E-state index contributed by atoms with van der Waals surface area (Å²) in [5, 5.41) is 7.05.